The van der Waals surface area contributed by atoms with Gasteiger partial charge in [-0.2, -0.15) is 0 Å². The number of nitrogens with zero attached hydrogens (tertiary/aromatic N) is 1. The lowest BCUT2D eigenvalue weighted by atomic mass is 10.3. The molecular weight excluding hydrogens is 228 g/mol. The number of pyridine rings is 1. The number of nitrogens with one attached hydrogen (secondary N) is 1. The summed E-state index contributed by atoms with van der Waals surface area (Å²) in [5.74, 6) is 0. The number of fused-ring (bicyclic) bond motifs is 1. The zero-order valence-corrected chi connectivity index (χ0v) is 9.64. The molecule has 2 heterocycles. The smallest absolute Gasteiger partial charge is 0.137 e. The van der Waals surface area contributed by atoms with Crippen LogP contribution >= 0.6 is 15.9 Å². The highest BCUT2D eigenvalue weighted by atomic mass is 79.9. The molecule has 0 aliphatic carbocycles. The van der Waals surface area contributed by atoms with Crippen molar-refractivity contribution in [1.29, 1.82) is 0 Å². The minimum absolute atomic E-state index is 0.950. The molecule has 0 aliphatic heterocycles. The van der Waals surface area contributed by atoms with Gasteiger partial charge < -0.3 is 4.98 Å². The predicted octanol–water partition coefficient (Wildman–Crippen LogP) is 3.66. The van der Waals surface area contributed by atoms with Crippen molar-refractivity contribution in [3.8, 4) is 0 Å². The molecule has 0 aliphatic rings. The van der Waals surface area contributed by atoms with E-state index in [2.05, 4.69) is 32.0 Å². The molecule has 0 unspecified atom stereocenters. The summed E-state index contributed by atoms with van der Waals surface area (Å²) in [6.45, 7) is 5.98. The summed E-state index contributed by atoms with van der Waals surface area (Å²) in [5, 5.41) is 1.14. The lowest BCUT2D eigenvalue weighted by molar-refractivity contribution is 1.20. The second-order valence-corrected chi connectivity index (χ2v) is 3.33. The van der Waals surface area contributed by atoms with Crippen LogP contribution in [-0.2, 0) is 0 Å². The first kappa shape index (κ1) is 10.3. The summed E-state index contributed by atoms with van der Waals surface area (Å²) in [6, 6.07) is 4.07. The molecule has 0 saturated heterocycles. The number of hydrogen-bond acceptors (Lipinski definition) is 1. The van der Waals surface area contributed by atoms with Crippen molar-refractivity contribution in [2.75, 3.05) is 0 Å². The Balaban J connectivity index is 0.000000396. The second kappa shape index (κ2) is 4.42. The fourth-order valence-electron chi connectivity index (χ4n) is 1.05. The van der Waals surface area contributed by atoms with Crippen LogP contribution in [0.15, 0.2) is 22.8 Å². The zero-order chi connectivity index (χ0) is 9.84. The van der Waals surface area contributed by atoms with Gasteiger partial charge in [-0.15, -0.1) is 0 Å². The maximum atomic E-state index is 4.33. The Morgan fingerprint density at radius 3 is 2.77 bits per heavy atom. The first-order valence-electron chi connectivity index (χ1n) is 4.37. The van der Waals surface area contributed by atoms with Crippen molar-refractivity contribution < 1.29 is 0 Å². The monoisotopic (exact) mass is 240 g/mol. The number of aromatic nitrogens is 2. The van der Waals surface area contributed by atoms with Gasteiger partial charge in [0.05, 0.1) is 5.69 Å². The van der Waals surface area contributed by atoms with Crippen LogP contribution in [0.3, 0.4) is 0 Å². The molecule has 0 bridgehead atoms. The van der Waals surface area contributed by atoms with E-state index in [0.717, 1.165) is 21.2 Å². The van der Waals surface area contributed by atoms with Crippen LogP contribution in [0.2, 0.25) is 0 Å². The number of halogens is 1. The Bertz CT molecular complexity index is 357. The summed E-state index contributed by atoms with van der Waals surface area (Å²) in [7, 11) is 0. The van der Waals surface area contributed by atoms with Gasteiger partial charge in [0.15, 0.2) is 0 Å². The van der Waals surface area contributed by atoms with E-state index >= 15 is 0 Å². The van der Waals surface area contributed by atoms with Gasteiger partial charge in [0.25, 0.3) is 0 Å². The first-order valence-corrected chi connectivity index (χ1v) is 5.17. The van der Waals surface area contributed by atoms with Gasteiger partial charge in [-0.25, -0.2) is 4.98 Å². The normalized spacial score (nSPS) is 9.54. The molecule has 2 aromatic rings. The molecule has 70 valence electrons. The highest BCUT2D eigenvalue weighted by molar-refractivity contribution is 9.10. The molecular formula is C10H13BrN2. The molecule has 3 heteroatoms. The SMILES string of the molecule is CC.Cc1nc2[nH]ccc2cc1Br. The van der Waals surface area contributed by atoms with Gasteiger partial charge in [0, 0.05) is 16.1 Å². The van der Waals surface area contributed by atoms with Gasteiger partial charge in [-0.3, -0.25) is 0 Å². The average Bonchev–Trinajstić information content (AvgIpc) is 2.56. The highest BCUT2D eigenvalue weighted by Crippen LogP contribution is 2.19. The third kappa shape index (κ3) is 2.10. The molecule has 2 aromatic heterocycles. The number of H-pyrrole nitrogens is 1. The zero-order valence-electron chi connectivity index (χ0n) is 8.06. The number of hydrogen-bond donors (Lipinski definition) is 1. The average molecular weight is 241 g/mol. The summed E-state index contributed by atoms with van der Waals surface area (Å²) >= 11 is 3.42. The fraction of sp³-hybridized carbons (Fsp3) is 0.300. The molecule has 2 rings (SSSR count). The molecule has 0 fully saturated rings. The first-order chi connectivity index (χ1) is 6.27. The third-order valence-electron chi connectivity index (χ3n) is 1.66. The summed E-state index contributed by atoms with van der Waals surface area (Å²) < 4.78 is 1.06. The van der Waals surface area contributed by atoms with Gasteiger partial charge in [-0.1, -0.05) is 13.8 Å². The molecule has 1 N–H and O–H groups in total. The minimum atomic E-state index is 0.950. The Morgan fingerprint density at radius 2 is 2.08 bits per heavy atom. The van der Waals surface area contributed by atoms with Crippen LogP contribution < -0.4 is 0 Å². The fourth-order valence-corrected chi connectivity index (χ4v) is 1.38. The topological polar surface area (TPSA) is 28.7 Å². The van der Waals surface area contributed by atoms with Crippen LogP contribution in [-0.4, -0.2) is 9.97 Å². The molecule has 0 atom stereocenters. The molecule has 2 nitrogen and oxygen atoms in total. The van der Waals surface area contributed by atoms with E-state index in [1.54, 1.807) is 0 Å². The largest absolute Gasteiger partial charge is 0.346 e. The van der Waals surface area contributed by atoms with E-state index in [4.69, 9.17) is 0 Å². The van der Waals surface area contributed by atoms with Crippen molar-refractivity contribution >= 4 is 27.0 Å². The highest BCUT2D eigenvalue weighted by Gasteiger charge is 1.99. The van der Waals surface area contributed by atoms with Crippen LogP contribution in [0.1, 0.15) is 19.5 Å². The Kier molecular flexibility index (Phi) is 3.48. The molecule has 0 aromatic carbocycles. The van der Waals surface area contributed by atoms with Crippen molar-refractivity contribution in [2.24, 2.45) is 0 Å². The second-order valence-electron chi connectivity index (χ2n) is 2.47. The predicted molar refractivity (Wildman–Crippen MR) is 59.9 cm³/mol. The lowest BCUT2D eigenvalue weighted by Gasteiger charge is -1.95. The van der Waals surface area contributed by atoms with Gasteiger partial charge >= 0.3 is 0 Å². The maximum Gasteiger partial charge on any atom is 0.137 e. The Labute approximate surface area is 86.5 Å². The number of aromatic amines is 1. The van der Waals surface area contributed by atoms with Crippen LogP contribution in [0, 0.1) is 6.92 Å². The number of aryl methyl sites for hydroxylation is 1. The minimum Gasteiger partial charge on any atom is -0.346 e. The molecule has 13 heavy (non-hydrogen) atoms. The molecule has 0 saturated carbocycles. The van der Waals surface area contributed by atoms with E-state index in [1.807, 2.05) is 33.0 Å². The van der Waals surface area contributed by atoms with Crippen molar-refractivity contribution in [1.82, 2.24) is 9.97 Å². The van der Waals surface area contributed by atoms with Crippen molar-refractivity contribution in [2.45, 2.75) is 20.8 Å². The van der Waals surface area contributed by atoms with E-state index in [-0.39, 0.29) is 0 Å². The number of rotatable bonds is 0. The summed E-state index contributed by atoms with van der Waals surface area (Å²) in [4.78, 5) is 7.39. The molecule has 0 radical (unpaired) electrons. The van der Waals surface area contributed by atoms with E-state index in [9.17, 15) is 0 Å². The van der Waals surface area contributed by atoms with Gasteiger partial charge in [0.2, 0.25) is 0 Å². The standard InChI is InChI=1S/C8H7BrN2.C2H6/c1-5-7(9)4-6-2-3-10-8(6)11-5;1-2/h2-4H,1H3,(H,10,11);1-2H3. The Hall–Kier alpha value is -0.830. The van der Waals surface area contributed by atoms with Crippen LogP contribution in [0.25, 0.3) is 11.0 Å². The van der Waals surface area contributed by atoms with Crippen LogP contribution in [0.5, 0.6) is 0 Å². The molecule has 0 spiro atoms. The maximum absolute atomic E-state index is 4.33. The van der Waals surface area contributed by atoms with E-state index in [1.165, 1.54) is 0 Å². The molecule has 0 amide bonds. The quantitative estimate of drug-likeness (QED) is 0.749. The van der Waals surface area contributed by atoms with Crippen molar-refractivity contribution in [3.63, 3.8) is 0 Å². The summed E-state index contributed by atoms with van der Waals surface area (Å²) in [6.07, 6.45) is 1.89. The third-order valence-corrected chi connectivity index (χ3v) is 2.47. The van der Waals surface area contributed by atoms with Crippen LogP contribution in [0.4, 0.5) is 0 Å². The Morgan fingerprint density at radius 1 is 1.38 bits per heavy atom. The van der Waals surface area contributed by atoms with Crippen molar-refractivity contribution in [3.05, 3.63) is 28.5 Å². The van der Waals surface area contributed by atoms with Gasteiger partial charge in [-0.05, 0) is 35.0 Å². The van der Waals surface area contributed by atoms with E-state index in [0.29, 0.717) is 0 Å². The lowest BCUT2D eigenvalue weighted by Crippen LogP contribution is -1.82. The van der Waals surface area contributed by atoms with E-state index < -0.39 is 0 Å². The van der Waals surface area contributed by atoms with Gasteiger partial charge in [0.1, 0.15) is 5.65 Å². The summed E-state index contributed by atoms with van der Waals surface area (Å²) in [5.41, 5.74) is 1.96.